The zero-order valence-electron chi connectivity index (χ0n) is 10.9. The quantitative estimate of drug-likeness (QED) is 0.747. The van der Waals surface area contributed by atoms with Gasteiger partial charge in [-0.1, -0.05) is 23.2 Å². The van der Waals surface area contributed by atoms with Gasteiger partial charge in [-0.25, -0.2) is 8.42 Å². The van der Waals surface area contributed by atoms with Crippen molar-refractivity contribution in [2.24, 2.45) is 0 Å². The van der Waals surface area contributed by atoms with Crippen molar-refractivity contribution in [1.29, 1.82) is 0 Å². The van der Waals surface area contributed by atoms with Crippen molar-refractivity contribution in [3.8, 4) is 5.75 Å². The van der Waals surface area contributed by atoms with E-state index < -0.39 is 10.0 Å². The predicted molar refractivity (Wildman–Crippen MR) is 90.6 cm³/mol. The van der Waals surface area contributed by atoms with Crippen molar-refractivity contribution >= 4 is 66.2 Å². The molecule has 0 spiro atoms. The maximum Gasteiger partial charge on any atom is 0.271 e. The summed E-state index contributed by atoms with van der Waals surface area (Å²) in [6.45, 7) is 1.78. The molecule has 0 fully saturated rings. The first-order valence-corrected chi connectivity index (χ1v) is 9.41. The van der Waals surface area contributed by atoms with Crippen LogP contribution in [0.25, 0.3) is 0 Å². The van der Waals surface area contributed by atoms with Crippen LogP contribution in [0.15, 0.2) is 26.2 Å². The second kappa shape index (κ2) is 6.34. The minimum absolute atomic E-state index is 0.106. The maximum absolute atomic E-state index is 12.4. The molecule has 0 aliphatic carbocycles. The van der Waals surface area contributed by atoms with E-state index in [9.17, 15) is 8.42 Å². The Balaban J connectivity index is 2.43. The molecule has 0 aliphatic heterocycles. The van der Waals surface area contributed by atoms with Crippen LogP contribution in [0.2, 0.25) is 10.0 Å². The molecule has 9 heteroatoms. The van der Waals surface area contributed by atoms with Crippen LogP contribution in [-0.2, 0) is 10.0 Å². The van der Waals surface area contributed by atoms with Gasteiger partial charge in [0.25, 0.3) is 10.0 Å². The summed E-state index contributed by atoms with van der Waals surface area (Å²) in [6.07, 6.45) is 0. The Bertz CT molecular complexity index is 771. The highest BCUT2D eigenvalue weighted by Crippen LogP contribution is 2.37. The summed E-state index contributed by atoms with van der Waals surface area (Å²) in [5.74, 6) is 0.343. The fourth-order valence-corrected chi connectivity index (χ4v) is 5.18. The molecule has 0 saturated heterocycles. The molecule has 4 nitrogen and oxygen atoms in total. The Morgan fingerprint density at radius 1 is 1.24 bits per heavy atom. The third-order valence-electron chi connectivity index (χ3n) is 2.61. The van der Waals surface area contributed by atoms with Gasteiger partial charge in [0, 0.05) is 11.1 Å². The molecule has 0 aliphatic rings. The van der Waals surface area contributed by atoms with Gasteiger partial charge in [-0.3, -0.25) is 4.72 Å². The second-order valence-electron chi connectivity index (χ2n) is 4.09. The summed E-state index contributed by atoms with van der Waals surface area (Å²) in [4.78, 5) is 0. The lowest BCUT2D eigenvalue weighted by Gasteiger charge is -2.12. The van der Waals surface area contributed by atoms with Crippen LogP contribution in [0.1, 0.15) is 5.56 Å². The number of benzene rings is 1. The van der Waals surface area contributed by atoms with Crippen LogP contribution in [0, 0.1) is 6.92 Å². The Morgan fingerprint density at radius 3 is 2.43 bits per heavy atom. The fourth-order valence-electron chi connectivity index (χ4n) is 1.57. The molecule has 2 rings (SSSR count). The number of hydrogen-bond acceptors (Lipinski definition) is 4. The zero-order chi connectivity index (χ0) is 15.8. The van der Waals surface area contributed by atoms with Gasteiger partial charge in [-0.05, 0) is 40.5 Å². The van der Waals surface area contributed by atoms with E-state index in [0.717, 1.165) is 16.9 Å². The normalized spacial score (nSPS) is 11.5. The van der Waals surface area contributed by atoms with Crippen molar-refractivity contribution in [2.75, 3.05) is 11.8 Å². The third-order valence-corrected chi connectivity index (χ3v) is 7.33. The van der Waals surface area contributed by atoms with Gasteiger partial charge in [0.15, 0.2) is 0 Å². The summed E-state index contributed by atoms with van der Waals surface area (Å²) in [6, 6.07) is 4.56. The molecule has 2 aromatic rings. The second-order valence-corrected chi connectivity index (χ2v) is 9.19. The highest BCUT2D eigenvalue weighted by Gasteiger charge is 2.21. The SMILES string of the molecule is COc1cc(Cl)c(C)cc1NS(=O)(=O)c1cc(Cl)c(Br)s1. The molecule has 0 amide bonds. The van der Waals surface area contributed by atoms with E-state index in [2.05, 4.69) is 20.7 Å². The molecule has 0 bridgehead atoms. The molecule has 1 aromatic heterocycles. The summed E-state index contributed by atoms with van der Waals surface area (Å²) < 4.78 is 33.0. The number of ether oxygens (including phenoxy) is 1. The van der Waals surface area contributed by atoms with E-state index in [1.165, 1.54) is 13.2 Å². The number of halogens is 3. The number of methoxy groups -OCH3 is 1. The number of hydrogen-bond donors (Lipinski definition) is 1. The number of anilines is 1. The van der Waals surface area contributed by atoms with E-state index in [1.807, 2.05) is 0 Å². The number of aryl methyl sites for hydroxylation is 1. The summed E-state index contributed by atoms with van der Waals surface area (Å²) in [5, 5.41) is 0.844. The average molecular weight is 431 g/mol. The number of thiophene rings is 1. The molecule has 114 valence electrons. The van der Waals surface area contributed by atoms with Crippen molar-refractivity contribution in [2.45, 2.75) is 11.1 Å². The largest absolute Gasteiger partial charge is 0.495 e. The van der Waals surface area contributed by atoms with E-state index in [-0.39, 0.29) is 4.21 Å². The molecule has 0 saturated carbocycles. The summed E-state index contributed by atoms with van der Waals surface area (Å²) >= 11 is 16.1. The molecule has 0 atom stereocenters. The van der Waals surface area contributed by atoms with Gasteiger partial charge < -0.3 is 4.74 Å². The Morgan fingerprint density at radius 2 is 1.90 bits per heavy atom. The highest BCUT2D eigenvalue weighted by atomic mass is 79.9. The van der Waals surface area contributed by atoms with Gasteiger partial charge in [0.2, 0.25) is 0 Å². The topological polar surface area (TPSA) is 55.4 Å². The van der Waals surface area contributed by atoms with E-state index in [4.69, 9.17) is 27.9 Å². The van der Waals surface area contributed by atoms with Crippen molar-refractivity contribution in [1.82, 2.24) is 0 Å². The van der Waals surface area contributed by atoms with E-state index in [0.29, 0.717) is 25.3 Å². The Labute approximate surface area is 145 Å². The van der Waals surface area contributed by atoms with Gasteiger partial charge in [0.05, 0.1) is 21.6 Å². The number of sulfonamides is 1. The first-order chi connectivity index (χ1) is 9.74. The minimum atomic E-state index is -3.75. The molecule has 21 heavy (non-hydrogen) atoms. The van der Waals surface area contributed by atoms with Crippen LogP contribution in [-0.4, -0.2) is 15.5 Å². The highest BCUT2D eigenvalue weighted by molar-refractivity contribution is 9.11. The van der Waals surface area contributed by atoms with Crippen LogP contribution < -0.4 is 9.46 Å². The van der Waals surface area contributed by atoms with Crippen molar-refractivity contribution in [3.05, 3.63) is 37.6 Å². The molecule has 0 radical (unpaired) electrons. The molecular formula is C12H10BrCl2NO3S2. The van der Waals surface area contributed by atoms with Gasteiger partial charge in [0.1, 0.15) is 9.96 Å². The maximum atomic E-state index is 12.4. The standard InChI is InChI=1S/C12H10BrCl2NO3S2/c1-6-3-9(10(19-2)4-7(6)14)16-21(17,18)11-5-8(15)12(13)20-11/h3-5,16H,1-2H3. The van der Waals surface area contributed by atoms with E-state index in [1.54, 1.807) is 19.1 Å². The summed E-state index contributed by atoms with van der Waals surface area (Å²) in [5.41, 5.74) is 1.06. The van der Waals surface area contributed by atoms with Gasteiger partial charge in [-0.2, -0.15) is 0 Å². The molecule has 1 N–H and O–H groups in total. The monoisotopic (exact) mass is 429 g/mol. The summed E-state index contributed by atoms with van der Waals surface area (Å²) in [7, 11) is -2.30. The fraction of sp³-hybridized carbons (Fsp3) is 0.167. The van der Waals surface area contributed by atoms with Crippen LogP contribution in [0.4, 0.5) is 5.69 Å². The zero-order valence-corrected chi connectivity index (χ0v) is 15.6. The smallest absolute Gasteiger partial charge is 0.271 e. The molecule has 1 heterocycles. The Hall–Kier alpha value is -0.470. The molecule has 0 unspecified atom stereocenters. The molecular weight excluding hydrogens is 421 g/mol. The lowest BCUT2D eigenvalue weighted by Crippen LogP contribution is -2.12. The van der Waals surface area contributed by atoms with E-state index >= 15 is 0 Å². The van der Waals surface area contributed by atoms with Gasteiger partial charge in [-0.15, -0.1) is 11.3 Å². The first kappa shape index (κ1) is 16.9. The average Bonchev–Trinajstić information content (AvgIpc) is 2.74. The lowest BCUT2D eigenvalue weighted by atomic mass is 10.2. The third kappa shape index (κ3) is 3.65. The minimum Gasteiger partial charge on any atom is -0.495 e. The number of nitrogens with one attached hydrogen (secondary N) is 1. The van der Waals surface area contributed by atoms with Crippen molar-refractivity contribution < 1.29 is 13.2 Å². The predicted octanol–water partition coefficient (Wildman–Crippen LogP) is 4.94. The lowest BCUT2D eigenvalue weighted by molar-refractivity contribution is 0.417. The van der Waals surface area contributed by atoms with Crippen LogP contribution in [0.5, 0.6) is 5.75 Å². The van der Waals surface area contributed by atoms with Crippen molar-refractivity contribution in [3.63, 3.8) is 0 Å². The van der Waals surface area contributed by atoms with Crippen LogP contribution >= 0.6 is 50.5 Å². The number of rotatable bonds is 4. The van der Waals surface area contributed by atoms with Crippen LogP contribution in [0.3, 0.4) is 0 Å². The first-order valence-electron chi connectivity index (χ1n) is 5.56. The molecule has 1 aromatic carbocycles. The van der Waals surface area contributed by atoms with Gasteiger partial charge >= 0.3 is 0 Å². The Kier molecular flexibility index (Phi) is 5.10.